The van der Waals surface area contributed by atoms with Crippen LogP contribution in [-0.4, -0.2) is 40.2 Å². The Hall–Kier alpha value is -2.41. The molecule has 2 atom stereocenters. The molecule has 7 heteroatoms. The van der Waals surface area contributed by atoms with E-state index in [1.807, 2.05) is 36.9 Å². The number of carbonyl (C=O) groups is 1. The highest BCUT2D eigenvalue weighted by Crippen LogP contribution is 2.38. The third-order valence-corrected chi connectivity index (χ3v) is 4.61. The number of pyridine rings is 1. The highest BCUT2D eigenvalue weighted by Gasteiger charge is 2.41. The molecule has 4 rings (SSSR count). The summed E-state index contributed by atoms with van der Waals surface area (Å²) in [6.45, 7) is 3.46. The summed E-state index contributed by atoms with van der Waals surface area (Å²) < 4.78 is 13.4. The fourth-order valence-electron chi connectivity index (χ4n) is 3.37. The zero-order valence-electron chi connectivity index (χ0n) is 13.8. The number of hydrogen-bond acceptors (Lipinski definition) is 5. The van der Waals surface area contributed by atoms with Gasteiger partial charge in [-0.1, -0.05) is 0 Å². The van der Waals surface area contributed by atoms with Crippen LogP contribution >= 0.6 is 0 Å². The van der Waals surface area contributed by atoms with Crippen LogP contribution < -0.4 is 9.64 Å². The number of hydrogen-bond donors (Lipinski definition) is 0. The molecule has 1 fully saturated rings. The molecule has 0 N–H and O–H groups in total. The molecule has 4 heterocycles. The van der Waals surface area contributed by atoms with E-state index in [-0.39, 0.29) is 17.9 Å². The molecule has 0 aliphatic carbocycles. The predicted molar refractivity (Wildman–Crippen MR) is 86.8 cm³/mol. The maximum absolute atomic E-state index is 13.2. The van der Waals surface area contributed by atoms with Gasteiger partial charge in [0, 0.05) is 31.7 Å². The SMILES string of the molecule is Cc1ccc2c(n1)OCCN2C(=O)[C@@H]1CCO[C@H]1c1nccn1C. The van der Waals surface area contributed by atoms with Crippen molar-refractivity contribution in [1.29, 1.82) is 0 Å². The van der Waals surface area contributed by atoms with Gasteiger partial charge in [-0.25, -0.2) is 9.97 Å². The molecule has 7 nitrogen and oxygen atoms in total. The quantitative estimate of drug-likeness (QED) is 0.838. The van der Waals surface area contributed by atoms with Crippen molar-refractivity contribution in [3.63, 3.8) is 0 Å². The summed E-state index contributed by atoms with van der Waals surface area (Å²) in [4.78, 5) is 23.7. The molecule has 1 amide bonds. The molecular formula is C17H20N4O3. The lowest BCUT2D eigenvalue weighted by molar-refractivity contribution is -0.124. The summed E-state index contributed by atoms with van der Waals surface area (Å²) in [7, 11) is 1.92. The van der Waals surface area contributed by atoms with E-state index in [0.29, 0.717) is 32.1 Å². The maximum Gasteiger partial charge on any atom is 0.238 e. The van der Waals surface area contributed by atoms with E-state index in [1.165, 1.54) is 0 Å². The van der Waals surface area contributed by atoms with Crippen molar-refractivity contribution < 1.29 is 14.3 Å². The molecule has 0 bridgehead atoms. The first kappa shape index (κ1) is 15.1. The number of aryl methyl sites for hydroxylation is 2. The van der Waals surface area contributed by atoms with E-state index < -0.39 is 0 Å². The Bertz CT molecular complexity index is 773. The Kier molecular flexibility index (Phi) is 3.72. The van der Waals surface area contributed by atoms with Crippen molar-refractivity contribution in [3.8, 4) is 5.88 Å². The highest BCUT2D eigenvalue weighted by molar-refractivity contribution is 5.97. The van der Waals surface area contributed by atoms with E-state index in [4.69, 9.17) is 9.47 Å². The predicted octanol–water partition coefficient (Wildman–Crippen LogP) is 1.63. The maximum atomic E-state index is 13.2. The molecule has 126 valence electrons. The average molecular weight is 328 g/mol. The van der Waals surface area contributed by atoms with Crippen LogP contribution in [0.4, 0.5) is 5.69 Å². The van der Waals surface area contributed by atoms with Gasteiger partial charge < -0.3 is 18.9 Å². The van der Waals surface area contributed by atoms with Crippen LogP contribution in [0.3, 0.4) is 0 Å². The van der Waals surface area contributed by atoms with Crippen LogP contribution in [-0.2, 0) is 16.6 Å². The molecule has 0 aromatic carbocycles. The summed E-state index contributed by atoms with van der Waals surface area (Å²) in [5.41, 5.74) is 1.61. The molecule has 1 saturated heterocycles. The Morgan fingerprint density at radius 1 is 1.33 bits per heavy atom. The summed E-state index contributed by atoms with van der Waals surface area (Å²) in [5.74, 6) is 1.14. The molecule has 0 saturated carbocycles. The van der Waals surface area contributed by atoms with E-state index in [9.17, 15) is 4.79 Å². The van der Waals surface area contributed by atoms with Crippen molar-refractivity contribution in [2.75, 3.05) is 24.7 Å². The smallest absolute Gasteiger partial charge is 0.238 e. The lowest BCUT2D eigenvalue weighted by atomic mass is 9.98. The molecule has 0 spiro atoms. The summed E-state index contributed by atoms with van der Waals surface area (Å²) in [5, 5.41) is 0. The third-order valence-electron chi connectivity index (χ3n) is 4.61. The molecule has 2 aromatic heterocycles. The van der Waals surface area contributed by atoms with Gasteiger partial charge in [-0.15, -0.1) is 0 Å². The van der Waals surface area contributed by atoms with Gasteiger partial charge in [0.2, 0.25) is 11.8 Å². The van der Waals surface area contributed by atoms with Gasteiger partial charge in [-0.3, -0.25) is 4.79 Å². The van der Waals surface area contributed by atoms with E-state index >= 15 is 0 Å². The zero-order valence-corrected chi connectivity index (χ0v) is 13.8. The minimum atomic E-state index is -0.304. The van der Waals surface area contributed by atoms with Crippen molar-refractivity contribution >= 4 is 11.6 Å². The van der Waals surface area contributed by atoms with Gasteiger partial charge in [-0.05, 0) is 25.5 Å². The van der Waals surface area contributed by atoms with Crippen molar-refractivity contribution in [1.82, 2.24) is 14.5 Å². The van der Waals surface area contributed by atoms with E-state index in [1.54, 1.807) is 11.1 Å². The Balaban J connectivity index is 1.64. The first-order chi connectivity index (χ1) is 11.6. The van der Waals surface area contributed by atoms with Crippen LogP contribution in [0.5, 0.6) is 5.88 Å². The Morgan fingerprint density at radius 2 is 2.21 bits per heavy atom. The molecule has 2 aliphatic heterocycles. The average Bonchev–Trinajstić information content (AvgIpc) is 3.21. The Labute approximate surface area is 140 Å². The summed E-state index contributed by atoms with van der Waals surface area (Å²) in [6, 6.07) is 3.80. The normalized spacial score (nSPS) is 23.0. The minimum Gasteiger partial charge on any atom is -0.474 e. The standard InChI is InChI=1S/C17H20N4O3/c1-11-3-4-13-16(19-11)24-10-8-21(13)17(22)12-5-9-23-14(12)15-18-6-7-20(15)2/h3-4,6-7,12,14H,5,8-10H2,1-2H3/t12-,14-/m1/s1. The topological polar surface area (TPSA) is 69.5 Å². The molecule has 0 unspecified atom stereocenters. The Morgan fingerprint density at radius 3 is 3.00 bits per heavy atom. The zero-order chi connectivity index (χ0) is 16.7. The first-order valence-corrected chi connectivity index (χ1v) is 8.16. The first-order valence-electron chi connectivity index (χ1n) is 8.16. The van der Waals surface area contributed by atoms with Gasteiger partial charge in [0.25, 0.3) is 0 Å². The summed E-state index contributed by atoms with van der Waals surface area (Å²) in [6.07, 6.45) is 3.99. The number of fused-ring (bicyclic) bond motifs is 1. The second-order valence-electron chi connectivity index (χ2n) is 6.20. The molecule has 24 heavy (non-hydrogen) atoms. The van der Waals surface area contributed by atoms with Crippen molar-refractivity contribution in [3.05, 3.63) is 36.0 Å². The van der Waals surface area contributed by atoms with Gasteiger partial charge in [0.1, 0.15) is 24.2 Å². The number of anilines is 1. The van der Waals surface area contributed by atoms with E-state index in [2.05, 4.69) is 9.97 Å². The fourth-order valence-corrected chi connectivity index (χ4v) is 3.37. The molecular weight excluding hydrogens is 308 g/mol. The molecule has 2 aromatic rings. The number of aromatic nitrogens is 3. The van der Waals surface area contributed by atoms with Gasteiger partial charge in [0.15, 0.2) is 0 Å². The highest BCUT2D eigenvalue weighted by atomic mass is 16.5. The van der Waals surface area contributed by atoms with Gasteiger partial charge in [0.05, 0.1) is 12.5 Å². The van der Waals surface area contributed by atoms with Crippen LogP contribution in [0, 0.1) is 12.8 Å². The van der Waals surface area contributed by atoms with Gasteiger partial charge in [-0.2, -0.15) is 0 Å². The number of nitrogens with zero attached hydrogens (tertiary/aromatic N) is 4. The van der Waals surface area contributed by atoms with Crippen LogP contribution in [0.25, 0.3) is 0 Å². The fraction of sp³-hybridized carbons (Fsp3) is 0.471. The molecule has 2 aliphatic rings. The molecule has 0 radical (unpaired) electrons. The monoisotopic (exact) mass is 328 g/mol. The number of ether oxygens (including phenoxy) is 2. The lowest BCUT2D eigenvalue weighted by Gasteiger charge is -2.31. The van der Waals surface area contributed by atoms with Gasteiger partial charge >= 0.3 is 0 Å². The van der Waals surface area contributed by atoms with E-state index in [0.717, 1.165) is 17.2 Å². The lowest BCUT2D eigenvalue weighted by Crippen LogP contribution is -2.42. The van der Waals surface area contributed by atoms with Crippen LogP contribution in [0.15, 0.2) is 24.5 Å². The van der Waals surface area contributed by atoms with Crippen molar-refractivity contribution in [2.45, 2.75) is 19.4 Å². The van der Waals surface area contributed by atoms with Crippen LogP contribution in [0.1, 0.15) is 24.0 Å². The largest absolute Gasteiger partial charge is 0.474 e. The number of imidazole rings is 1. The second-order valence-corrected chi connectivity index (χ2v) is 6.20. The number of rotatable bonds is 2. The minimum absolute atomic E-state index is 0.0516. The van der Waals surface area contributed by atoms with Crippen molar-refractivity contribution in [2.24, 2.45) is 13.0 Å². The second kappa shape index (κ2) is 5.90. The number of amides is 1. The van der Waals surface area contributed by atoms with Crippen LogP contribution in [0.2, 0.25) is 0 Å². The third kappa shape index (κ3) is 2.45. The number of carbonyl (C=O) groups excluding carboxylic acids is 1. The summed E-state index contributed by atoms with van der Waals surface area (Å²) >= 11 is 0.